The molecule has 0 radical (unpaired) electrons. The zero-order valence-electron chi connectivity index (χ0n) is 11.5. The fraction of sp³-hybridized carbons (Fsp3) is 0.400. The molecule has 0 bridgehead atoms. The summed E-state index contributed by atoms with van der Waals surface area (Å²) in [6.07, 6.45) is 6.71. The van der Waals surface area contributed by atoms with Crippen LogP contribution < -0.4 is 5.32 Å². The molecule has 1 aromatic carbocycles. The summed E-state index contributed by atoms with van der Waals surface area (Å²) in [5.41, 5.74) is 2.27. The Morgan fingerprint density at radius 2 is 2.20 bits per heavy atom. The zero-order valence-corrected chi connectivity index (χ0v) is 11.5. The number of carbonyl (C=O) groups is 1. The summed E-state index contributed by atoms with van der Waals surface area (Å²) in [7, 11) is 0. The van der Waals surface area contributed by atoms with Crippen LogP contribution in [0.1, 0.15) is 41.6 Å². The molecule has 1 aliphatic carbocycles. The van der Waals surface area contributed by atoms with Gasteiger partial charge < -0.3 is 5.32 Å². The van der Waals surface area contributed by atoms with Gasteiger partial charge in [-0.05, 0) is 44.7 Å². The smallest absolute Gasteiger partial charge is 0.272 e. The number of amides is 1. The number of aryl methyl sites for hydroxylation is 1. The molecule has 0 aromatic heterocycles. The number of allylic oxidation sites excluding steroid dienone is 1. The average molecular weight is 274 g/mol. The fourth-order valence-corrected chi connectivity index (χ4v) is 2.36. The number of carbonyl (C=O) groups excluding carboxylic acids is 1. The Labute approximate surface area is 117 Å². The Bertz CT molecular complexity index is 564. The summed E-state index contributed by atoms with van der Waals surface area (Å²) in [5, 5.41) is 13.6. The molecule has 2 rings (SSSR count). The van der Waals surface area contributed by atoms with Gasteiger partial charge in [0, 0.05) is 23.7 Å². The number of nitrogens with one attached hydrogen (secondary N) is 1. The maximum Gasteiger partial charge on any atom is 0.272 e. The van der Waals surface area contributed by atoms with E-state index in [2.05, 4.69) is 11.4 Å². The summed E-state index contributed by atoms with van der Waals surface area (Å²) in [4.78, 5) is 22.3. The van der Waals surface area contributed by atoms with Gasteiger partial charge in [0.15, 0.2) is 0 Å². The van der Waals surface area contributed by atoms with E-state index in [4.69, 9.17) is 0 Å². The van der Waals surface area contributed by atoms with Crippen molar-refractivity contribution in [1.29, 1.82) is 0 Å². The van der Waals surface area contributed by atoms with Crippen LogP contribution in [0.4, 0.5) is 5.69 Å². The Hall–Kier alpha value is -2.17. The summed E-state index contributed by atoms with van der Waals surface area (Å²) in [6.45, 7) is 2.20. The summed E-state index contributed by atoms with van der Waals surface area (Å²) < 4.78 is 0. The second-order valence-corrected chi connectivity index (χ2v) is 5.05. The lowest BCUT2D eigenvalue weighted by Crippen LogP contribution is -2.26. The number of rotatable bonds is 4. The molecule has 1 aromatic rings. The molecule has 5 nitrogen and oxygen atoms in total. The summed E-state index contributed by atoms with van der Waals surface area (Å²) in [6, 6.07) is 4.43. The largest absolute Gasteiger partial charge is 0.348 e. The van der Waals surface area contributed by atoms with E-state index in [0.29, 0.717) is 17.7 Å². The van der Waals surface area contributed by atoms with E-state index < -0.39 is 4.92 Å². The monoisotopic (exact) mass is 274 g/mol. The van der Waals surface area contributed by atoms with E-state index >= 15 is 0 Å². The third kappa shape index (κ3) is 3.44. The van der Waals surface area contributed by atoms with Crippen molar-refractivity contribution in [3.05, 3.63) is 51.1 Å². The minimum atomic E-state index is -0.441. The number of benzene rings is 1. The Kier molecular flexibility index (Phi) is 4.50. The van der Waals surface area contributed by atoms with Crippen LogP contribution in [0.3, 0.4) is 0 Å². The van der Waals surface area contributed by atoms with Crippen molar-refractivity contribution in [1.82, 2.24) is 5.32 Å². The van der Waals surface area contributed by atoms with Gasteiger partial charge in [-0.2, -0.15) is 0 Å². The second kappa shape index (κ2) is 6.32. The van der Waals surface area contributed by atoms with Crippen LogP contribution >= 0.6 is 0 Å². The third-order valence-corrected chi connectivity index (χ3v) is 3.52. The topological polar surface area (TPSA) is 72.2 Å². The molecule has 0 unspecified atom stereocenters. The van der Waals surface area contributed by atoms with Crippen molar-refractivity contribution < 1.29 is 9.72 Å². The Morgan fingerprint density at radius 1 is 1.40 bits per heavy atom. The molecule has 1 N–H and O–H groups in total. The van der Waals surface area contributed by atoms with E-state index in [1.54, 1.807) is 13.0 Å². The van der Waals surface area contributed by atoms with Gasteiger partial charge in [0.05, 0.1) is 4.92 Å². The van der Waals surface area contributed by atoms with E-state index in [1.165, 1.54) is 30.5 Å². The highest BCUT2D eigenvalue weighted by Gasteiger charge is 2.14. The molecule has 0 saturated heterocycles. The van der Waals surface area contributed by atoms with Crippen molar-refractivity contribution in [3.8, 4) is 0 Å². The molecule has 106 valence electrons. The third-order valence-electron chi connectivity index (χ3n) is 3.52. The minimum Gasteiger partial charge on any atom is -0.348 e. The lowest BCUT2D eigenvalue weighted by Gasteiger charge is -2.13. The number of hydrogen-bond acceptors (Lipinski definition) is 3. The molecule has 0 fully saturated rings. The zero-order chi connectivity index (χ0) is 14.5. The maximum absolute atomic E-state index is 12.0. The molecule has 0 atom stereocenters. The van der Waals surface area contributed by atoms with Gasteiger partial charge in [-0.1, -0.05) is 11.6 Å². The molecule has 1 amide bonds. The van der Waals surface area contributed by atoms with Crippen LogP contribution in [0.5, 0.6) is 0 Å². The highest BCUT2D eigenvalue weighted by atomic mass is 16.6. The van der Waals surface area contributed by atoms with Crippen LogP contribution in [0.2, 0.25) is 0 Å². The molecular formula is C15H18N2O3. The average Bonchev–Trinajstić information content (AvgIpc) is 2.45. The first-order valence-electron chi connectivity index (χ1n) is 6.79. The first-order chi connectivity index (χ1) is 9.58. The number of nitro groups is 1. The van der Waals surface area contributed by atoms with Crippen LogP contribution in [0, 0.1) is 17.0 Å². The predicted molar refractivity (Wildman–Crippen MR) is 76.7 cm³/mol. The number of nitrogens with zero attached hydrogens (tertiary/aromatic N) is 1. The normalized spacial score (nSPS) is 14.6. The number of hydrogen-bond donors (Lipinski definition) is 1. The van der Waals surface area contributed by atoms with Gasteiger partial charge in [0.25, 0.3) is 11.6 Å². The van der Waals surface area contributed by atoms with Gasteiger partial charge in [0.2, 0.25) is 0 Å². The molecule has 0 saturated carbocycles. The number of nitro benzene ring substituents is 1. The van der Waals surface area contributed by atoms with Gasteiger partial charge in [-0.15, -0.1) is 0 Å². The molecule has 1 aliphatic rings. The van der Waals surface area contributed by atoms with E-state index in [9.17, 15) is 14.9 Å². The fourth-order valence-electron chi connectivity index (χ4n) is 2.36. The van der Waals surface area contributed by atoms with Gasteiger partial charge in [-0.25, -0.2) is 0 Å². The van der Waals surface area contributed by atoms with Crippen molar-refractivity contribution in [2.45, 2.75) is 32.6 Å². The van der Waals surface area contributed by atoms with E-state index in [1.807, 2.05) is 0 Å². The van der Waals surface area contributed by atoms with Gasteiger partial charge >= 0.3 is 0 Å². The Morgan fingerprint density at radius 3 is 2.80 bits per heavy atom. The van der Waals surface area contributed by atoms with Crippen molar-refractivity contribution >= 4 is 11.6 Å². The van der Waals surface area contributed by atoms with E-state index in [0.717, 1.165) is 12.8 Å². The van der Waals surface area contributed by atoms with Crippen molar-refractivity contribution in [2.75, 3.05) is 6.54 Å². The standard InChI is InChI=1S/C15H18N2O3/c1-11-9-13(7-8-14(11)17(19)20)15(18)16-10-12-5-3-2-4-6-12/h5,7-9H,2-4,6,10H2,1H3,(H,16,18). The van der Waals surface area contributed by atoms with E-state index in [-0.39, 0.29) is 11.6 Å². The van der Waals surface area contributed by atoms with Crippen molar-refractivity contribution in [3.63, 3.8) is 0 Å². The van der Waals surface area contributed by atoms with Gasteiger partial charge in [0.1, 0.15) is 0 Å². The molecule has 0 aliphatic heterocycles. The lowest BCUT2D eigenvalue weighted by molar-refractivity contribution is -0.385. The maximum atomic E-state index is 12.0. The van der Waals surface area contributed by atoms with Gasteiger partial charge in [-0.3, -0.25) is 14.9 Å². The van der Waals surface area contributed by atoms with Crippen LogP contribution in [0.15, 0.2) is 29.8 Å². The molecule has 0 spiro atoms. The molecule has 5 heteroatoms. The first kappa shape index (κ1) is 14.2. The van der Waals surface area contributed by atoms with Crippen LogP contribution in [-0.2, 0) is 0 Å². The van der Waals surface area contributed by atoms with Crippen molar-refractivity contribution in [2.24, 2.45) is 0 Å². The SMILES string of the molecule is Cc1cc(C(=O)NCC2=CCCCC2)ccc1[N+](=O)[O-]. The Balaban J connectivity index is 2.00. The quantitative estimate of drug-likeness (QED) is 0.521. The molecular weight excluding hydrogens is 256 g/mol. The minimum absolute atomic E-state index is 0.0385. The highest BCUT2D eigenvalue weighted by Crippen LogP contribution is 2.19. The molecule has 0 heterocycles. The second-order valence-electron chi connectivity index (χ2n) is 5.05. The predicted octanol–water partition coefficient (Wildman–Crippen LogP) is 3.13. The summed E-state index contributed by atoms with van der Waals surface area (Å²) in [5.74, 6) is -0.186. The van der Waals surface area contributed by atoms with Crippen LogP contribution in [-0.4, -0.2) is 17.4 Å². The molecule has 20 heavy (non-hydrogen) atoms. The summed E-state index contributed by atoms with van der Waals surface area (Å²) >= 11 is 0. The first-order valence-corrected chi connectivity index (χ1v) is 6.79. The highest BCUT2D eigenvalue weighted by molar-refractivity contribution is 5.94. The lowest BCUT2D eigenvalue weighted by atomic mass is 9.99. The van der Waals surface area contributed by atoms with Crippen LogP contribution in [0.25, 0.3) is 0 Å².